The molecule has 7 heteroatoms. The molecule has 3 atom stereocenters. The van der Waals surface area contributed by atoms with Crippen molar-refractivity contribution in [2.75, 3.05) is 37.4 Å². The summed E-state index contributed by atoms with van der Waals surface area (Å²) in [7, 11) is -3.01. The molecule has 0 aromatic rings. The zero-order valence-electron chi connectivity index (χ0n) is 10.7. The third-order valence-electron chi connectivity index (χ3n) is 3.58. The molecule has 0 aromatic heterocycles. The lowest BCUT2D eigenvalue weighted by Crippen LogP contribution is -2.49. The monoisotopic (exact) mass is 294 g/mol. The maximum atomic E-state index is 11.8. The van der Waals surface area contributed by atoms with Crippen molar-refractivity contribution >= 4 is 21.6 Å². The minimum atomic E-state index is -3.01. The van der Waals surface area contributed by atoms with Gasteiger partial charge < -0.3 is 10.5 Å². The highest BCUT2D eigenvalue weighted by Crippen LogP contribution is 2.25. The summed E-state index contributed by atoms with van der Waals surface area (Å²) in [5.41, 5.74) is 5.59. The van der Waals surface area contributed by atoms with E-state index in [1.54, 1.807) is 11.8 Å². The van der Waals surface area contributed by atoms with Crippen LogP contribution in [0.2, 0.25) is 0 Å². The van der Waals surface area contributed by atoms with Gasteiger partial charge in [-0.3, -0.25) is 4.90 Å². The van der Waals surface area contributed by atoms with E-state index >= 15 is 0 Å². The SMILES string of the molecule is CS(=O)(=O)C1CSCCN1CC1CCC(CN)O1. The molecule has 2 N–H and O–H groups in total. The van der Waals surface area contributed by atoms with Crippen molar-refractivity contribution in [3.63, 3.8) is 0 Å². The van der Waals surface area contributed by atoms with Crippen LogP contribution in [0, 0.1) is 0 Å². The van der Waals surface area contributed by atoms with Crippen LogP contribution in [0.3, 0.4) is 0 Å². The Labute approximate surface area is 113 Å². The largest absolute Gasteiger partial charge is 0.372 e. The molecule has 2 aliphatic heterocycles. The summed E-state index contributed by atoms with van der Waals surface area (Å²) >= 11 is 1.71. The zero-order valence-corrected chi connectivity index (χ0v) is 12.4. The van der Waals surface area contributed by atoms with Gasteiger partial charge >= 0.3 is 0 Å². The third-order valence-corrected chi connectivity index (χ3v) is 6.27. The fourth-order valence-electron chi connectivity index (χ4n) is 2.57. The number of sulfone groups is 1. The Bertz CT molecular complexity index is 374. The molecule has 0 aromatic carbocycles. The predicted octanol–water partition coefficient (Wildman–Crippen LogP) is -0.0878. The van der Waals surface area contributed by atoms with Crippen molar-refractivity contribution in [2.45, 2.75) is 30.4 Å². The highest BCUT2D eigenvalue weighted by atomic mass is 32.2. The molecule has 0 saturated carbocycles. The van der Waals surface area contributed by atoms with E-state index in [-0.39, 0.29) is 17.6 Å². The highest BCUT2D eigenvalue weighted by molar-refractivity contribution is 8.00. The van der Waals surface area contributed by atoms with Gasteiger partial charge in [-0.15, -0.1) is 0 Å². The number of nitrogens with zero attached hydrogens (tertiary/aromatic N) is 1. The van der Waals surface area contributed by atoms with E-state index in [1.165, 1.54) is 6.26 Å². The molecule has 0 spiro atoms. The smallest absolute Gasteiger partial charge is 0.164 e. The second kappa shape index (κ2) is 6.09. The molecular formula is C11H22N2O3S2. The fraction of sp³-hybridized carbons (Fsp3) is 1.00. The number of ether oxygens (including phenoxy) is 1. The standard InChI is InChI=1S/C11H22N2O3S2/c1-18(14,15)11-8-17-5-4-13(11)7-10-3-2-9(6-12)16-10/h9-11H,2-8,12H2,1H3. The van der Waals surface area contributed by atoms with E-state index < -0.39 is 9.84 Å². The van der Waals surface area contributed by atoms with Crippen LogP contribution in [0.5, 0.6) is 0 Å². The second-order valence-electron chi connectivity index (χ2n) is 5.05. The van der Waals surface area contributed by atoms with Crippen LogP contribution in [0.15, 0.2) is 0 Å². The number of hydrogen-bond donors (Lipinski definition) is 1. The Kier molecular flexibility index (Phi) is 4.93. The number of thioether (sulfide) groups is 1. The molecule has 2 aliphatic rings. The van der Waals surface area contributed by atoms with E-state index in [0.29, 0.717) is 12.3 Å². The van der Waals surface area contributed by atoms with Crippen molar-refractivity contribution in [3.05, 3.63) is 0 Å². The summed E-state index contributed by atoms with van der Waals surface area (Å²) in [5.74, 6) is 1.67. The summed E-state index contributed by atoms with van der Waals surface area (Å²) in [6, 6.07) is 0. The maximum absolute atomic E-state index is 11.8. The van der Waals surface area contributed by atoms with Gasteiger partial charge in [0.05, 0.1) is 12.2 Å². The lowest BCUT2D eigenvalue weighted by molar-refractivity contribution is 0.0263. The summed E-state index contributed by atoms with van der Waals surface area (Å²) in [5, 5.41) is -0.350. The van der Waals surface area contributed by atoms with E-state index in [4.69, 9.17) is 10.5 Å². The Balaban J connectivity index is 1.94. The van der Waals surface area contributed by atoms with Gasteiger partial charge in [0, 0.05) is 37.4 Å². The van der Waals surface area contributed by atoms with Crippen molar-refractivity contribution in [1.29, 1.82) is 0 Å². The lowest BCUT2D eigenvalue weighted by atomic mass is 10.2. The average Bonchev–Trinajstić information content (AvgIpc) is 2.76. The normalized spacial score (nSPS) is 34.9. The molecule has 5 nitrogen and oxygen atoms in total. The minimum Gasteiger partial charge on any atom is -0.372 e. The first-order chi connectivity index (χ1) is 8.50. The van der Waals surface area contributed by atoms with Crippen LogP contribution < -0.4 is 5.73 Å². The van der Waals surface area contributed by atoms with E-state index in [1.807, 2.05) is 0 Å². The molecule has 18 heavy (non-hydrogen) atoms. The van der Waals surface area contributed by atoms with Crippen LogP contribution in [0.1, 0.15) is 12.8 Å². The van der Waals surface area contributed by atoms with Gasteiger partial charge in [0.25, 0.3) is 0 Å². The molecule has 3 unspecified atom stereocenters. The predicted molar refractivity (Wildman–Crippen MR) is 74.5 cm³/mol. The van der Waals surface area contributed by atoms with Crippen LogP contribution in [0.25, 0.3) is 0 Å². The molecule has 0 radical (unpaired) electrons. The minimum absolute atomic E-state index is 0.144. The molecule has 0 bridgehead atoms. The van der Waals surface area contributed by atoms with Gasteiger partial charge in [-0.25, -0.2) is 8.42 Å². The topological polar surface area (TPSA) is 72.6 Å². The third kappa shape index (κ3) is 3.60. The summed E-state index contributed by atoms with van der Waals surface area (Å²) in [4.78, 5) is 2.06. The van der Waals surface area contributed by atoms with Crippen LogP contribution in [-0.4, -0.2) is 68.3 Å². The van der Waals surface area contributed by atoms with Crippen molar-refractivity contribution in [1.82, 2.24) is 4.90 Å². The van der Waals surface area contributed by atoms with E-state index in [2.05, 4.69) is 4.90 Å². The summed E-state index contributed by atoms with van der Waals surface area (Å²) in [6.45, 7) is 2.10. The van der Waals surface area contributed by atoms with Gasteiger partial charge in [0.15, 0.2) is 9.84 Å². The van der Waals surface area contributed by atoms with Crippen LogP contribution >= 0.6 is 11.8 Å². The van der Waals surface area contributed by atoms with Gasteiger partial charge in [-0.1, -0.05) is 0 Å². The second-order valence-corrected chi connectivity index (χ2v) is 8.40. The molecule has 2 saturated heterocycles. The number of rotatable bonds is 4. The molecule has 106 valence electrons. The molecule has 2 rings (SSSR count). The molecular weight excluding hydrogens is 272 g/mol. The van der Waals surface area contributed by atoms with Gasteiger partial charge in [-0.2, -0.15) is 11.8 Å². The fourth-order valence-corrected chi connectivity index (χ4v) is 5.52. The van der Waals surface area contributed by atoms with Gasteiger partial charge in [0.2, 0.25) is 0 Å². The Morgan fingerprint density at radius 2 is 2.11 bits per heavy atom. The zero-order chi connectivity index (χ0) is 13.2. The Morgan fingerprint density at radius 1 is 1.39 bits per heavy atom. The van der Waals surface area contributed by atoms with E-state index in [0.717, 1.165) is 31.7 Å². The highest BCUT2D eigenvalue weighted by Gasteiger charge is 2.34. The van der Waals surface area contributed by atoms with Gasteiger partial charge in [-0.05, 0) is 12.8 Å². The van der Waals surface area contributed by atoms with E-state index in [9.17, 15) is 8.42 Å². The number of hydrogen-bond acceptors (Lipinski definition) is 6. The Hall–Kier alpha value is 0.180. The summed E-state index contributed by atoms with van der Waals surface area (Å²) < 4.78 is 29.4. The quantitative estimate of drug-likeness (QED) is 0.781. The van der Waals surface area contributed by atoms with Crippen LogP contribution in [-0.2, 0) is 14.6 Å². The van der Waals surface area contributed by atoms with Crippen molar-refractivity contribution < 1.29 is 13.2 Å². The first-order valence-electron chi connectivity index (χ1n) is 6.37. The van der Waals surface area contributed by atoms with Crippen molar-refractivity contribution in [2.24, 2.45) is 5.73 Å². The van der Waals surface area contributed by atoms with Crippen LogP contribution in [0.4, 0.5) is 0 Å². The molecule has 2 heterocycles. The molecule has 0 amide bonds. The average molecular weight is 294 g/mol. The lowest BCUT2D eigenvalue weighted by Gasteiger charge is -2.35. The molecule has 2 fully saturated rings. The molecule has 0 aliphatic carbocycles. The first kappa shape index (κ1) is 14.6. The summed E-state index contributed by atoms with van der Waals surface area (Å²) in [6.07, 6.45) is 3.61. The first-order valence-corrected chi connectivity index (χ1v) is 9.48. The number of nitrogens with two attached hydrogens (primary N) is 1. The van der Waals surface area contributed by atoms with Crippen molar-refractivity contribution in [3.8, 4) is 0 Å². The maximum Gasteiger partial charge on any atom is 0.164 e. The Morgan fingerprint density at radius 3 is 2.72 bits per heavy atom. The van der Waals surface area contributed by atoms with Gasteiger partial charge in [0.1, 0.15) is 5.37 Å².